The molecule has 0 radical (unpaired) electrons. The van der Waals surface area contributed by atoms with Gasteiger partial charge >= 0.3 is 0 Å². The monoisotopic (exact) mass is 276 g/mol. The van der Waals surface area contributed by atoms with Gasteiger partial charge < -0.3 is 14.6 Å². The third kappa shape index (κ3) is 3.61. The van der Waals surface area contributed by atoms with Gasteiger partial charge in [-0.15, -0.1) is 0 Å². The Bertz CT molecular complexity index is 527. The molecule has 1 aromatic rings. The van der Waals surface area contributed by atoms with E-state index >= 15 is 0 Å². The van der Waals surface area contributed by atoms with Gasteiger partial charge in [0.1, 0.15) is 17.8 Å². The normalized spacial score (nSPS) is 18.9. The standard InChI is InChI=1S/C15H21N3O2/c1-11-4-7-13(20-11)8-18(3)9-14(19)17-15(2,10-16)12-5-6-12/h4,7,12H,5-6,8-9H2,1-3H3,(H,17,19)/p+1/t15-/m1/s1. The molecule has 0 aliphatic heterocycles. The molecule has 2 rings (SSSR count). The van der Waals surface area contributed by atoms with Crippen molar-refractivity contribution in [3.63, 3.8) is 0 Å². The SMILES string of the molecule is Cc1ccc(C[NH+](C)CC(=O)N[C@](C)(C#N)C2CC2)o1. The van der Waals surface area contributed by atoms with Gasteiger partial charge in [0.25, 0.3) is 5.91 Å². The third-order valence-corrected chi connectivity index (χ3v) is 3.76. The second kappa shape index (κ2) is 5.68. The number of nitrogens with zero attached hydrogens (tertiary/aromatic N) is 1. The van der Waals surface area contributed by atoms with Gasteiger partial charge in [-0.05, 0) is 44.7 Å². The summed E-state index contributed by atoms with van der Waals surface area (Å²) < 4.78 is 5.50. The largest absolute Gasteiger partial charge is 0.460 e. The van der Waals surface area contributed by atoms with E-state index in [4.69, 9.17) is 4.42 Å². The maximum Gasteiger partial charge on any atom is 0.276 e. The summed E-state index contributed by atoms with van der Waals surface area (Å²) in [6, 6.07) is 6.09. The lowest BCUT2D eigenvalue weighted by molar-refractivity contribution is -0.886. The fraction of sp³-hybridized carbons (Fsp3) is 0.600. The van der Waals surface area contributed by atoms with E-state index in [0.29, 0.717) is 19.0 Å². The first-order valence-electron chi connectivity index (χ1n) is 7.02. The maximum absolute atomic E-state index is 12.0. The number of hydrogen-bond donors (Lipinski definition) is 2. The van der Waals surface area contributed by atoms with Crippen molar-refractivity contribution in [1.82, 2.24) is 5.32 Å². The maximum atomic E-state index is 12.0. The number of amides is 1. The lowest BCUT2D eigenvalue weighted by Gasteiger charge is -2.23. The van der Waals surface area contributed by atoms with Crippen molar-refractivity contribution in [3.05, 3.63) is 23.7 Å². The molecule has 1 heterocycles. The molecule has 2 atom stereocenters. The zero-order chi connectivity index (χ0) is 14.8. The molecular weight excluding hydrogens is 254 g/mol. The van der Waals surface area contributed by atoms with Crippen molar-refractivity contribution in [3.8, 4) is 6.07 Å². The van der Waals surface area contributed by atoms with Crippen molar-refractivity contribution in [2.75, 3.05) is 13.6 Å². The lowest BCUT2D eigenvalue weighted by atomic mass is 9.98. The second-order valence-electron chi connectivity index (χ2n) is 5.96. The molecule has 0 spiro atoms. The molecule has 1 fully saturated rings. The Labute approximate surface area is 119 Å². The zero-order valence-electron chi connectivity index (χ0n) is 12.3. The summed E-state index contributed by atoms with van der Waals surface area (Å²) in [5.74, 6) is 1.98. The van der Waals surface area contributed by atoms with Crippen LogP contribution in [0.1, 0.15) is 31.3 Å². The van der Waals surface area contributed by atoms with Crippen LogP contribution in [0, 0.1) is 24.2 Å². The number of furan rings is 1. The van der Waals surface area contributed by atoms with Gasteiger partial charge in [0, 0.05) is 0 Å². The average molecular weight is 276 g/mol. The first-order valence-corrected chi connectivity index (χ1v) is 7.02. The van der Waals surface area contributed by atoms with E-state index in [0.717, 1.165) is 29.3 Å². The highest BCUT2D eigenvalue weighted by molar-refractivity contribution is 5.78. The Hall–Kier alpha value is -1.80. The van der Waals surface area contributed by atoms with E-state index in [2.05, 4.69) is 11.4 Å². The topological polar surface area (TPSA) is 70.5 Å². The minimum atomic E-state index is -0.710. The summed E-state index contributed by atoms with van der Waals surface area (Å²) in [5, 5.41) is 12.1. The van der Waals surface area contributed by atoms with Crippen molar-refractivity contribution < 1.29 is 14.1 Å². The van der Waals surface area contributed by atoms with Gasteiger partial charge in [0.05, 0.1) is 13.1 Å². The Morgan fingerprint density at radius 2 is 2.30 bits per heavy atom. The van der Waals surface area contributed by atoms with Crippen LogP contribution in [0.2, 0.25) is 0 Å². The highest BCUT2D eigenvalue weighted by Crippen LogP contribution is 2.39. The first kappa shape index (κ1) is 14.6. The smallest absolute Gasteiger partial charge is 0.276 e. The molecule has 108 valence electrons. The molecule has 1 unspecified atom stereocenters. The predicted molar refractivity (Wildman–Crippen MR) is 73.8 cm³/mol. The average Bonchev–Trinajstić information content (AvgIpc) is 3.14. The predicted octanol–water partition coefficient (Wildman–Crippen LogP) is 0.411. The first-order chi connectivity index (χ1) is 9.43. The van der Waals surface area contributed by atoms with E-state index in [1.807, 2.05) is 33.0 Å². The summed E-state index contributed by atoms with van der Waals surface area (Å²) in [5.41, 5.74) is -0.710. The number of hydrogen-bond acceptors (Lipinski definition) is 3. The lowest BCUT2D eigenvalue weighted by Crippen LogP contribution is -3.09. The van der Waals surface area contributed by atoms with Crippen LogP contribution in [0.3, 0.4) is 0 Å². The van der Waals surface area contributed by atoms with Gasteiger partial charge in [-0.1, -0.05) is 0 Å². The number of likely N-dealkylation sites (N-methyl/N-ethyl adjacent to an activating group) is 1. The number of rotatable bonds is 6. The molecule has 1 amide bonds. The molecule has 1 saturated carbocycles. The zero-order valence-corrected chi connectivity index (χ0v) is 12.3. The minimum Gasteiger partial charge on any atom is -0.460 e. The summed E-state index contributed by atoms with van der Waals surface area (Å²) in [6.07, 6.45) is 2.05. The van der Waals surface area contributed by atoms with Crippen molar-refractivity contribution in [1.29, 1.82) is 5.26 Å². The van der Waals surface area contributed by atoms with Crippen LogP contribution >= 0.6 is 0 Å². The third-order valence-electron chi connectivity index (χ3n) is 3.76. The molecular formula is C15H22N3O2+. The molecule has 2 N–H and O–H groups in total. The van der Waals surface area contributed by atoms with Gasteiger partial charge in [0.2, 0.25) is 0 Å². The molecule has 0 bridgehead atoms. The van der Waals surface area contributed by atoms with E-state index < -0.39 is 5.54 Å². The second-order valence-corrected chi connectivity index (χ2v) is 5.96. The van der Waals surface area contributed by atoms with Crippen LogP contribution in [0.15, 0.2) is 16.5 Å². The molecule has 0 aromatic carbocycles. The van der Waals surface area contributed by atoms with Crippen molar-refractivity contribution in [2.45, 2.75) is 38.8 Å². The Morgan fingerprint density at radius 1 is 1.60 bits per heavy atom. The van der Waals surface area contributed by atoms with Gasteiger partial charge in [-0.2, -0.15) is 5.26 Å². The highest BCUT2D eigenvalue weighted by atomic mass is 16.3. The minimum absolute atomic E-state index is 0.0817. The quantitative estimate of drug-likeness (QED) is 0.790. The van der Waals surface area contributed by atoms with Crippen LogP contribution in [0.5, 0.6) is 0 Å². The fourth-order valence-corrected chi connectivity index (χ4v) is 2.43. The molecule has 5 nitrogen and oxygen atoms in total. The van der Waals surface area contributed by atoms with Crippen molar-refractivity contribution >= 4 is 5.91 Å². The van der Waals surface area contributed by atoms with E-state index in [1.165, 1.54) is 0 Å². The van der Waals surface area contributed by atoms with E-state index in [9.17, 15) is 10.1 Å². The number of aryl methyl sites for hydroxylation is 1. The van der Waals surface area contributed by atoms with Gasteiger partial charge in [-0.3, -0.25) is 4.79 Å². The van der Waals surface area contributed by atoms with E-state index in [-0.39, 0.29) is 5.91 Å². The van der Waals surface area contributed by atoms with Gasteiger partial charge in [0.15, 0.2) is 12.3 Å². The van der Waals surface area contributed by atoms with Crippen LogP contribution in [-0.2, 0) is 11.3 Å². The van der Waals surface area contributed by atoms with Crippen molar-refractivity contribution in [2.24, 2.45) is 5.92 Å². The van der Waals surface area contributed by atoms with Crippen LogP contribution in [0.4, 0.5) is 0 Å². The number of carbonyl (C=O) groups excluding carboxylic acids is 1. The summed E-state index contributed by atoms with van der Waals surface area (Å²) >= 11 is 0. The molecule has 20 heavy (non-hydrogen) atoms. The Kier molecular flexibility index (Phi) is 4.15. The van der Waals surface area contributed by atoms with Crippen LogP contribution in [0.25, 0.3) is 0 Å². The molecule has 1 aliphatic rings. The summed E-state index contributed by atoms with van der Waals surface area (Å²) in [7, 11) is 1.94. The Balaban J connectivity index is 1.83. The number of nitrogens with one attached hydrogen (secondary N) is 2. The van der Waals surface area contributed by atoms with Gasteiger partial charge in [-0.25, -0.2) is 0 Å². The highest BCUT2D eigenvalue weighted by Gasteiger charge is 2.43. The molecule has 1 aromatic heterocycles. The van der Waals surface area contributed by atoms with Crippen LogP contribution < -0.4 is 10.2 Å². The number of quaternary nitrogens is 1. The molecule has 1 aliphatic carbocycles. The number of carbonyl (C=O) groups is 1. The van der Waals surface area contributed by atoms with E-state index in [1.54, 1.807) is 0 Å². The summed E-state index contributed by atoms with van der Waals surface area (Å²) in [4.78, 5) is 13.1. The molecule has 5 heteroatoms. The number of nitriles is 1. The van der Waals surface area contributed by atoms with Crippen LogP contribution in [-0.4, -0.2) is 25.0 Å². The molecule has 0 saturated heterocycles. The fourth-order valence-electron chi connectivity index (χ4n) is 2.43. The Morgan fingerprint density at radius 3 is 2.80 bits per heavy atom. The summed E-state index contributed by atoms with van der Waals surface area (Å²) in [6.45, 7) is 4.71.